The number of sulfone groups is 1. The van der Waals surface area contributed by atoms with Crippen LogP contribution in [0.3, 0.4) is 0 Å². The topological polar surface area (TPSA) is 398 Å². The maximum Gasteiger partial charge on any atom is 0.501 e. The zero-order valence-electron chi connectivity index (χ0n) is 73.0. The van der Waals surface area contributed by atoms with Crippen molar-refractivity contribution >= 4 is 73.2 Å². The molecule has 34 heteroatoms. The lowest BCUT2D eigenvalue weighted by molar-refractivity contribution is -0.916. The summed E-state index contributed by atoms with van der Waals surface area (Å²) in [5.41, 5.74) is 11.4. The molecule has 6 heterocycles. The number of rotatable bonds is 42. The molecule has 0 radical (unpaired) electrons. The molecule has 0 bridgehead atoms. The minimum Gasteiger partial charge on any atom is -0.493 e. The number of ether oxygens (including phenoxy) is 9. The molecule has 0 saturated carbocycles. The van der Waals surface area contributed by atoms with Gasteiger partial charge < -0.3 is 85.7 Å². The highest BCUT2D eigenvalue weighted by Crippen LogP contribution is 2.43. The molecule has 131 heavy (non-hydrogen) atoms. The van der Waals surface area contributed by atoms with Crippen LogP contribution in [0.2, 0.25) is 0 Å². The predicted octanol–water partition coefficient (Wildman–Crippen LogP) is 10.9. The number of aryl methyl sites for hydroxylation is 1. The number of carbonyl (C=O) groups excluding carboxylic acids is 5. The number of aliphatic imine (C=N–C) groups is 2. The van der Waals surface area contributed by atoms with Crippen molar-refractivity contribution in [3.63, 3.8) is 0 Å². The van der Waals surface area contributed by atoms with Crippen molar-refractivity contribution < 1.29 is 117 Å². The van der Waals surface area contributed by atoms with Gasteiger partial charge in [-0.1, -0.05) is 89.6 Å². The number of quaternary nitrogens is 1. The van der Waals surface area contributed by atoms with Crippen LogP contribution in [0.1, 0.15) is 140 Å². The van der Waals surface area contributed by atoms with E-state index in [9.17, 15) is 61.2 Å². The van der Waals surface area contributed by atoms with Crippen LogP contribution in [0, 0.1) is 6.92 Å². The molecule has 1 unspecified atom stereocenters. The Bertz CT molecular complexity index is 5980. The highest BCUT2D eigenvalue weighted by Gasteiger charge is 2.46. The Hall–Kier alpha value is -12.5. The summed E-state index contributed by atoms with van der Waals surface area (Å²) in [5.74, 6) is -1.40. The van der Waals surface area contributed by atoms with E-state index >= 15 is 0 Å². The van der Waals surface area contributed by atoms with Crippen molar-refractivity contribution in [1.82, 2.24) is 24.8 Å². The van der Waals surface area contributed by atoms with Crippen molar-refractivity contribution in [3.8, 4) is 40.2 Å². The minimum atomic E-state index is -5.09. The summed E-state index contributed by atoms with van der Waals surface area (Å²) in [5, 5.41) is 50.3. The predicted molar refractivity (Wildman–Crippen MR) is 479 cm³/mol. The number of aromatic nitrogens is 3. The number of methoxy groups -OCH3 is 2. The second-order valence-electron chi connectivity index (χ2n) is 33.4. The van der Waals surface area contributed by atoms with E-state index in [1.165, 1.54) is 67.8 Å². The molecule has 686 valence electrons. The normalized spacial score (nSPS) is 18.1. The summed E-state index contributed by atoms with van der Waals surface area (Å²) in [6.07, 6.45) is -1.56. The molecule has 2 amide bonds. The van der Waals surface area contributed by atoms with Crippen molar-refractivity contribution in [2.24, 2.45) is 9.98 Å². The van der Waals surface area contributed by atoms with Crippen LogP contribution in [0.25, 0.3) is 0 Å². The maximum atomic E-state index is 14.3. The molecule has 0 aliphatic carbocycles. The van der Waals surface area contributed by atoms with E-state index in [-0.39, 0.29) is 142 Å². The third-order valence-corrected chi connectivity index (χ3v) is 25.7. The SMILES string of the molecule is COc1cc2c(cc1OCc1cc(COc3cc4c(cc3OC)C(=O)N3Cc5ccccc5C[C@H]3C=N4)cc(C[N+](C)(C)Cc3ccc(OS(=O)(=O)Oc4cc(C(=O)CCCOCCn5cc(COCCOCCCC(=O)c6cccc(C(=O)CCS(=O)(=O)c7ccc(C)cc7)c6)nn5)ccc4OC4O[C@H](CO)[C@H](O)[C@H](O)[C@H]4O)cc3)c1)N=C[C@@H]1Cc3ccccc3CN1C2=O. The number of ketones is 3. The third kappa shape index (κ3) is 23.3. The summed E-state index contributed by atoms with van der Waals surface area (Å²) in [4.78, 5) is 82.0. The molecular formula is C97H103N8O24S2+. The molecule has 32 nitrogen and oxygen atoms in total. The highest BCUT2D eigenvalue weighted by molar-refractivity contribution is 7.91. The van der Waals surface area contributed by atoms with E-state index in [0.717, 1.165) is 45.0 Å². The number of fused-ring (bicyclic) bond motifs is 6. The zero-order chi connectivity index (χ0) is 92.1. The molecule has 5 aliphatic rings. The fraction of sp³-hybridized carbons (Fsp3) is 0.351. The van der Waals surface area contributed by atoms with E-state index in [1.54, 1.807) is 77.6 Å². The Labute approximate surface area is 758 Å². The molecular weight excluding hydrogens is 1730 g/mol. The van der Waals surface area contributed by atoms with Crippen LogP contribution in [0.5, 0.6) is 40.2 Å². The number of amides is 2. The van der Waals surface area contributed by atoms with Crippen molar-refractivity contribution in [2.45, 2.75) is 152 Å². The van der Waals surface area contributed by atoms with E-state index in [4.69, 9.17) is 61.0 Å². The average Bonchev–Trinajstić information content (AvgIpc) is 1.66. The van der Waals surface area contributed by atoms with Gasteiger partial charge in [-0.05, 0) is 157 Å². The van der Waals surface area contributed by atoms with E-state index in [2.05, 4.69) is 22.4 Å². The fourth-order valence-corrected chi connectivity index (χ4v) is 18.3. The number of carbonyl (C=O) groups is 5. The summed E-state index contributed by atoms with van der Waals surface area (Å²) >= 11 is 0. The maximum absolute atomic E-state index is 14.3. The van der Waals surface area contributed by atoms with Gasteiger partial charge >= 0.3 is 10.4 Å². The van der Waals surface area contributed by atoms with Gasteiger partial charge in [0.1, 0.15) is 62.2 Å². The largest absolute Gasteiger partial charge is 0.501 e. The lowest BCUT2D eigenvalue weighted by atomic mass is 9.94. The summed E-state index contributed by atoms with van der Waals surface area (Å²) in [7, 11) is -1.65. The van der Waals surface area contributed by atoms with Gasteiger partial charge in [-0.3, -0.25) is 34.0 Å². The lowest BCUT2D eigenvalue weighted by Gasteiger charge is -2.39. The molecule has 1 saturated heterocycles. The second-order valence-corrected chi connectivity index (χ2v) is 36.7. The number of hydrogen-bond acceptors (Lipinski definition) is 28. The van der Waals surface area contributed by atoms with Crippen LogP contribution >= 0.6 is 0 Å². The summed E-state index contributed by atoms with van der Waals surface area (Å²) in [6.45, 7) is 4.47. The van der Waals surface area contributed by atoms with Crippen molar-refractivity contribution in [2.75, 3.05) is 73.7 Å². The first-order valence-corrected chi connectivity index (χ1v) is 46.0. The van der Waals surface area contributed by atoms with Crippen LogP contribution in [0.15, 0.2) is 203 Å². The first kappa shape index (κ1) is 93.2. The molecule has 9 aromatic carbocycles. The van der Waals surface area contributed by atoms with Crippen LogP contribution in [0.4, 0.5) is 11.4 Å². The molecule has 4 N–H and O–H groups in total. The molecule has 0 spiro atoms. The molecule has 1 fully saturated rings. The average molecular weight is 1830 g/mol. The van der Waals surface area contributed by atoms with Gasteiger partial charge in [-0.2, -0.15) is 0 Å². The Morgan fingerprint density at radius 3 is 1.64 bits per heavy atom. The monoisotopic (exact) mass is 1830 g/mol. The smallest absolute Gasteiger partial charge is 0.493 e. The van der Waals surface area contributed by atoms with Crippen LogP contribution in [-0.4, -0.2) is 225 Å². The number of aliphatic hydroxyl groups is 4. The number of nitrogens with zero attached hydrogens (tertiary/aromatic N) is 8. The van der Waals surface area contributed by atoms with Crippen molar-refractivity contribution in [3.05, 3.63) is 272 Å². The van der Waals surface area contributed by atoms with E-state index in [1.807, 2.05) is 97.8 Å². The van der Waals surface area contributed by atoms with Gasteiger partial charge in [0, 0.05) is 97.9 Å². The van der Waals surface area contributed by atoms with Gasteiger partial charge in [0.05, 0.1) is 119 Å². The standard InChI is InChI=1S/C97H103N8O24S2/c1-61-21-28-77(29-22-61)130(115,116)38-31-84(109)69-18-10-17-68(42-69)82(107)19-12-34-122-36-37-123-60-73-54-102(101-100-73)32-35-121-33-11-20-83(108)70-25-30-85(126-97-94(112)93(111)92(110)91(57-106)127-97)90(45-70)129-131(117,118)128-76-26-23-62(24-27-76)55-105(2,3)56-63-39-64(58-124-88-48-80-78(46-86(88)119-4)95(113)103-52-71-15-8-6-13-66(71)43-74(103)50-98-80)41-65(40-63)59-125-89-49-81-79(47-87(89)120-5)96(114)104-53-72-16-9-7-14-67(72)44-75(104)51-99-81/h6-10,13-18,21-30,39-42,45-51,54,74-75,91-94,97,106,110-112H,11-12,19-20,31-38,43-44,52-53,55-60H2,1-5H3/q+1/t74-,75-,91+,92-,93-,94+,97?/m0/s1. The van der Waals surface area contributed by atoms with Gasteiger partial charge in [0.15, 0.2) is 61.7 Å². The van der Waals surface area contributed by atoms with Crippen LogP contribution in [-0.2, 0) is 105 Å². The van der Waals surface area contributed by atoms with Gasteiger partial charge in [0.25, 0.3) is 11.8 Å². The second kappa shape index (κ2) is 41.8. The minimum absolute atomic E-state index is 0.0133. The first-order chi connectivity index (χ1) is 63.1. The summed E-state index contributed by atoms with van der Waals surface area (Å²) in [6, 6.07) is 51.2. The molecule has 15 rings (SSSR count). The molecule has 10 aromatic rings. The number of Topliss-reactive ketones (excluding diaryl/α,β-unsaturated/α-hetero) is 3. The third-order valence-electron chi connectivity index (χ3n) is 23.2. The quantitative estimate of drug-likeness (QED) is 0.0157. The first-order valence-electron chi connectivity index (χ1n) is 43.1. The Kier molecular flexibility index (Phi) is 29.7. The molecule has 7 atom stereocenters. The number of hydrogen-bond donors (Lipinski definition) is 4. The van der Waals surface area contributed by atoms with Crippen LogP contribution < -0.4 is 32.1 Å². The Morgan fingerprint density at radius 1 is 0.519 bits per heavy atom. The van der Waals surface area contributed by atoms with Gasteiger partial charge in [-0.25, -0.2) is 13.1 Å². The molecule has 5 aliphatic heterocycles. The Balaban J connectivity index is 0.550. The number of aliphatic hydroxyl groups excluding tert-OH is 4. The van der Waals surface area contributed by atoms with Crippen molar-refractivity contribution in [1.29, 1.82) is 0 Å². The van der Waals surface area contributed by atoms with Gasteiger partial charge in [-0.15, -0.1) is 13.5 Å². The lowest BCUT2D eigenvalue weighted by Crippen LogP contribution is -2.60. The number of benzene rings is 9. The molecule has 1 aromatic heterocycles. The zero-order valence-corrected chi connectivity index (χ0v) is 74.6. The van der Waals surface area contributed by atoms with E-state index < -0.39 is 74.8 Å². The summed E-state index contributed by atoms with van der Waals surface area (Å²) < 4.78 is 120. The highest BCUT2D eigenvalue weighted by atomic mass is 32.3. The fourth-order valence-electron chi connectivity index (χ4n) is 16.4. The Morgan fingerprint density at radius 2 is 1.06 bits per heavy atom. The van der Waals surface area contributed by atoms with E-state index in [0.29, 0.717) is 113 Å². The van der Waals surface area contributed by atoms with Gasteiger partial charge in [0.2, 0.25) is 6.29 Å².